The fourth-order valence-electron chi connectivity index (χ4n) is 2.09. The Labute approximate surface area is 102 Å². The normalized spacial score (nSPS) is 22.4. The summed E-state index contributed by atoms with van der Waals surface area (Å²) in [6, 6.07) is -0.926. The van der Waals surface area contributed by atoms with Gasteiger partial charge in [0.05, 0.1) is 0 Å². The number of hydrogen-bond acceptors (Lipinski definition) is 2. The van der Waals surface area contributed by atoms with E-state index in [9.17, 15) is 9.59 Å². The molecule has 2 amide bonds. The van der Waals surface area contributed by atoms with Crippen LogP contribution in [0.2, 0.25) is 0 Å². The minimum atomic E-state index is -0.988. The van der Waals surface area contributed by atoms with E-state index in [1.807, 2.05) is 6.92 Å². The van der Waals surface area contributed by atoms with Crippen molar-refractivity contribution < 1.29 is 14.7 Å². The van der Waals surface area contributed by atoms with Gasteiger partial charge in [-0.25, -0.2) is 9.59 Å². The van der Waals surface area contributed by atoms with Crippen LogP contribution in [0.15, 0.2) is 0 Å². The highest BCUT2D eigenvalue weighted by molar-refractivity contribution is 5.83. The van der Waals surface area contributed by atoms with Crippen LogP contribution in [0.4, 0.5) is 4.79 Å². The summed E-state index contributed by atoms with van der Waals surface area (Å²) < 4.78 is 0. The number of nitrogens with zero attached hydrogens (tertiary/aromatic N) is 1. The molecule has 5 nitrogen and oxygen atoms in total. The number of aliphatic carboxylic acids is 1. The lowest BCUT2D eigenvalue weighted by Gasteiger charge is -2.31. The molecular weight excluding hydrogens is 220 g/mol. The summed E-state index contributed by atoms with van der Waals surface area (Å²) in [6.45, 7) is 8.11. The lowest BCUT2D eigenvalue weighted by Crippen LogP contribution is -2.53. The van der Waals surface area contributed by atoms with Crippen molar-refractivity contribution >= 4 is 12.0 Å². The fourth-order valence-corrected chi connectivity index (χ4v) is 2.09. The molecule has 1 heterocycles. The van der Waals surface area contributed by atoms with Gasteiger partial charge in [0.1, 0.15) is 6.04 Å². The highest BCUT2D eigenvalue weighted by Crippen LogP contribution is 2.21. The van der Waals surface area contributed by atoms with Gasteiger partial charge in [0.2, 0.25) is 0 Å². The average Bonchev–Trinajstić information content (AvgIpc) is 2.58. The first-order valence-electron chi connectivity index (χ1n) is 6.03. The Morgan fingerprint density at radius 2 is 2.00 bits per heavy atom. The van der Waals surface area contributed by atoms with Gasteiger partial charge in [0.25, 0.3) is 0 Å². The molecule has 1 fully saturated rings. The lowest BCUT2D eigenvalue weighted by atomic mass is 9.87. The van der Waals surface area contributed by atoms with E-state index in [4.69, 9.17) is 5.11 Å². The van der Waals surface area contributed by atoms with E-state index >= 15 is 0 Å². The average molecular weight is 242 g/mol. The second-order valence-corrected chi connectivity index (χ2v) is 5.77. The third-order valence-corrected chi connectivity index (χ3v) is 3.19. The van der Waals surface area contributed by atoms with Crippen molar-refractivity contribution in [3.05, 3.63) is 0 Å². The molecule has 1 aliphatic heterocycles. The van der Waals surface area contributed by atoms with Crippen LogP contribution in [0.3, 0.4) is 0 Å². The molecule has 98 valence electrons. The number of nitrogens with one attached hydrogen (secondary N) is 1. The summed E-state index contributed by atoms with van der Waals surface area (Å²) in [5, 5.41) is 11.7. The molecule has 17 heavy (non-hydrogen) atoms. The standard InChI is InChI=1S/C12H22N2O3/c1-8-6-5-7-14(8)11(17)13-9(10(15)16)12(2,3)4/h8-9H,5-7H2,1-4H3,(H,13,17)(H,15,16)/t8?,9-/m0/s1. The lowest BCUT2D eigenvalue weighted by molar-refractivity contribution is -0.142. The zero-order valence-electron chi connectivity index (χ0n) is 11.0. The Kier molecular flexibility index (Phi) is 4.01. The Morgan fingerprint density at radius 1 is 1.41 bits per heavy atom. The topological polar surface area (TPSA) is 69.6 Å². The van der Waals surface area contributed by atoms with Crippen LogP contribution in [0.5, 0.6) is 0 Å². The molecule has 0 radical (unpaired) electrons. The maximum atomic E-state index is 12.0. The molecule has 1 unspecified atom stereocenters. The van der Waals surface area contributed by atoms with Crippen LogP contribution in [0, 0.1) is 5.41 Å². The molecule has 0 aromatic heterocycles. The number of hydrogen-bond donors (Lipinski definition) is 2. The molecule has 1 saturated heterocycles. The monoisotopic (exact) mass is 242 g/mol. The first-order chi connectivity index (χ1) is 7.73. The molecule has 5 heteroatoms. The third kappa shape index (κ3) is 3.35. The molecule has 0 aromatic carbocycles. The minimum absolute atomic E-state index is 0.199. The molecule has 1 aliphatic rings. The van der Waals surface area contributed by atoms with Crippen molar-refractivity contribution in [2.45, 2.75) is 52.6 Å². The van der Waals surface area contributed by atoms with Crippen LogP contribution in [-0.2, 0) is 4.79 Å². The number of likely N-dealkylation sites (tertiary alicyclic amines) is 1. The van der Waals surface area contributed by atoms with Crippen LogP contribution >= 0.6 is 0 Å². The van der Waals surface area contributed by atoms with E-state index in [0.29, 0.717) is 6.54 Å². The summed E-state index contributed by atoms with van der Waals surface area (Å²) in [5.41, 5.74) is -0.496. The van der Waals surface area contributed by atoms with E-state index in [2.05, 4.69) is 5.32 Å². The summed E-state index contributed by atoms with van der Waals surface area (Å²) >= 11 is 0. The predicted octanol–water partition coefficient (Wildman–Crippen LogP) is 1.68. The van der Waals surface area contributed by atoms with Crippen molar-refractivity contribution in [3.8, 4) is 0 Å². The first-order valence-corrected chi connectivity index (χ1v) is 6.03. The maximum Gasteiger partial charge on any atom is 0.326 e. The third-order valence-electron chi connectivity index (χ3n) is 3.19. The number of carbonyl (C=O) groups is 2. The maximum absolute atomic E-state index is 12.0. The number of carbonyl (C=O) groups excluding carboxylic acids is 1. The summed E-state index contributed by atoms with van der Waals surface area (Å²) in [6.07, 6.45) is 1.97. The number of amides is 2. The Balaban J connectivity index is 2.68. The molecule has 2 N–H and O–H groups in total. The SMILES string of the molecule is CC1CCCN1C(=O)N[C@@H](C(=O)O)C(C)(C)C. The van der Waals surface area contributed by atoms with Gasteiger partial charge in [0.15, 0.2) is 0 Å². The molecule has 0 saturated carbocycles. The van der Waals surface area contributed by atoms with Crippen molar-refractivity contribution in [1.29, 1.82) is 0 Å². The number of rotatable bonds is 2. The Bertz CT molecular complexity index is 309. The highest BCUT2D eigenvalue weighted by Gasteiger charge is 2.35. The summed E-state index contributed by atoms with van der Waals surface area (Å²) in [4.78, 5) is 24.8. The van der Waals surface area contributed by atoms with E-state index in [1.54, 1.807) is 25.7 Å². The smallest absolute Gasteiger partial charge is 0.326 e. The second-order valence-electron chi connectivity index (χ2n) is 5.77. The van der Waals surface area contributed by atoms with Gasteiger partial charge in [-0.2, -0.15) is 0 Å². The Morgan fingerprint density at radius 3 is 2.35 bits per heavy atom. The van der Waals surface area contributed by atoms with Gasteiger partial charge in [-0.3, -0.25) is 0 Å². The zero-order valence-corrected chi connectivity index (χ0v) is 11.0. The number of carboxylic acids is 1. The summed E-state index contributed by atoms with van der Waals surface area (Å²) in [5.74, 6) is -0.988. The Hall–Kier alpha value is -1.26. The quantitative estimate of drug-likeness (QED) is 0.774. The number of carboxylic acid groups (broad SMARTS) is 1. The molecule has 0 spiro atoms. The molecule has 0 aliphatic carbocycles. The van der Waals surface area contributed by atoms with Crippen LogP contribution in [0.25, 0.3) is 0 Å². The van der Waals surface area contributed by atoms with E-state index in [-0.39, 0.29) is 12.1 Å². The largest absolute Gasteiger partial charge is 0.480 e. The van der Waals surface area contributed by atoms with Crippen LogP contribution < -0.4 is 5.32 Å². The van der Waals surface area contributed by atoms with Gasteiger partial charge in [-0.05, 0) is 25.2 Å². The predicted molar refractivity (Wildman–Crippen MR) is 64.8 cm³/mol. The van der Waals surface area contributed by atoms with Gasteiger partial charge < -0.3 is 15.3 Å². The molecule has 0 bridgehead atoms. The second kappa shape index (κ2) is 4.94. The van der Waals surface area contributed by atoms with Gasteiger partial charge >= 0.3 is 12.0 Å². The molecular formula is C12H22N2O3. The van der Waals surface area contributed by atoms with Crippen LogP contribution in [-0.4, -0.2) is 40.6 Å². The van der Waals surface area contributed by atoms with Crippen LogP contribution in [0.1, 0.15) is 40.5 Å². The molecule has 2 atom stereocenters. The van der Waals surface area contributed by atoms with Gasteiger partial charge in [-0.1, -0.05) is 20.8 Å². The molecule has 1 rings (SSSR count). The van der Waals surface area contributed by atoms with E-state index in [0.717, 1.165) is 12.8 Å². The fraction of sp³-hybridized carbons (Fsp3) is 0.833. The first kappa shape index (κ1) is 13.8. The van der Waals surface area contributed by atoms with Crippen molar-refractivity contribution in [2.24, 2.45) is 5.41 Å². The van der Waals surface area contributed by atoms with Crippen molar-refractivity contribution in [2.75, 3.05) is 6.54 Å². The van der Waals surface area contributed by atoms with Crippen molar-refractivity contribution in [3.63, 3.8) is 0 Å². The van der Waals surface area contributed by atoms with E-state index in [1.165, 1.54) is 0 Å². The minimum Gasteiger partial charge on any atom is -0.480 e. The van der Waals surface area contributed by atoms with Crippen molar-refractivity contribution in [1.82, 2.24) is 10.2 Å². The van der Waals surface area contributed by atoms with E-state index < -0.39 is 17.4 Å². The molecule has 0 aromatic rings. The van der Waals surface area contributed by atoms with Gasteiger partial charge in [-0.15, -0.1) is 0 Å². The highest BCUT2D eigenvalue weighted by atomic mass is 16.4. The van der Waals surface area contributed by atoms with Gasteiger partial charge in [0, 0.05) is 12.6 Å². The summed E-state index contributed by atoms with van der Waals surface area (Å²) in [7, 11) is 0. The number of urea groups is 1. The zero-order chi connectivity index (χ0) is 13.2.